The molecule has 0 fully saturated rings. The number of nitrogens with zero attached hydrogens (tertiary/aromatic N) is 2. The van der Waals surface area contributed by atoms with Crippen molar-refractivity contribution in [1.29, 1.82) is 0 Å². The molecule has 0 rings (SSSR count). The summed E-state index contributed by atoms with van der Waals surface area (Å²) in [5.74, 6) is 0.210. The molecular weight excluding hydrogens is 188 g/mol. The molecule has 13 heavy (non-hydrogen) atoms. The van der Waals surface area contributed by atoms with Crippen LogP contribution in [0.5, 0.6) is 0 Å². The van der Waals surface area contributed by atoms with Gasteiger partial charge in [0.15, 0.2) is 0 Å². The van der Waals surface area contributed by atoms with Crippen LogP contribution in [0.4, 0.5) is 0 Å². The van der Waals surface area contributed by atoms with Gasteiger partial charge in [0.25, 0.3) is 0 Å². The van der Waals surface area contributed by atoms with Gasteiger partial charge in [-0.15, -0.1) is 0 Å². The van der Waals surface area contributed by atoms with Gasteiger partial charge in [0.1, 0.15) is 0 Å². The van der Waals surface area contributed by atoms with Gasteiger partial charge in [0.05, 0.1) is 5.75 Å². The summed E-state index contributed by atoms with van der Waals surface area (Å²) in [5, 5.41) is 0. The van der Waals surface area contributed by atoms with E-state index in [2.05, 4.69) is 4.90 Å². The van der Waals surface area contributed by atoms with Gasteiger partial charge in [-0.05, 0) is 13.1 Å². The van der Waals surface area contributed by atoms with Crippen LogP contribution in [0.15, 0.2) is 0 Å². The first-order valence-electron chi connectivity index (χ1n) is 4.56. The summed E-state index contributed by atoms with van der Waals surface area (Å²) in [4.78, 5) is 2.10. The molecule has 0 bridgehead atoms. The van der Waals surface area contributed by atoms with Gasteiger partial charge in [-0.25, -0.2) is 12.7 Å². The number of sulfonamides is 1. The summed E-state index contributed by atoms with van der Waals surface area (Å²) in [7, 11) is 0.112. The Labute approximate surface area is 81.6 Å². The molecule has 0 saturated heterocycles. The topological polar surface area (TPSA) is 40.6 Å². The smallest absolute Gasteiger partial charge is 0.214 e. The quantitative estimate of drug-likeness (QED) is 0.627. The van der Waals surface area contributed by atoms with Crippen molar-refractivity contribution in [3.8, 4) is 0 Å². The van der Waals surface area contributed by atoms with E-state index in [9.17, 15) is 8.42 Å². The molecule has 0 aromatic carbocycles. The zero-order valence-electron chi connectivity index (χ0n) is 8.95. The van der Waals surface area contributed by atoms with E-state index in [1.165, 1.54) is 4.31 Å². The summed E-state index contributed by atoms with van der Waals surface area (Å²) in [6.45, 7) is 6.49. The standard InChI is InChI=1S/C8H20N2O2S/c1-5-10(6-2)7-8-13(11,12)9(3)4/h5-8H2,1-4H3. The monoisotopic (exact) mass is 208 g/mol. The third-order valence-electron chi connectivity index (χ3n) is 2.12. The van der Waals surface area contributed by atoms with Crippen LogP contribution in [0.25, 0.3) is 0 Å². The fraction of sp³-hybridized carbons (Fsp3) is 1.00. The van der Waals surface area contributed by atoms with Gasteiger partial charge in [-0.1, -0.05) is 13.8 Å². The van der Waals surface area contributed by atoms with E-state index in [1.807, 2.05) is 13.8 Å². The van der Waals surface area contributed by atoms with Gasteiger partial charge in [0, 0.05) is 20.6 Å². The van der Waals surface area contributed by atoms with Gasteiger partial charge in [-0.2, -0.15) is 0 Å². The fourth-order valence-corrected chi connectivity index (χ4v) is 1.82. The molecule has 5 heteroatoms. The molecule has 0 N–H and O–H groups in total. The van der Waals surface area contributed by atoms with Crippen LogP contribution in [0.3, 0.4) is 0 Å². The van der Waals surface area contributed by atoms with Crippen molar-refractivity contribution in [1.82, 2.24) is 9.21 Å². The molecule has 0 atom stereocenters. The zero-order valence-corrected chi connectivity index (χ0v) is 9.76. The molecule has 4 nitrogen and oxygen atoms in total. The molecule has 80 valence electrons. The minimum atomic E-state index is -3.02. The van der Waals surface area contributed by atoms with E-state index in [4.69, 9.17) is 0 Å². The van der Waals surface area contributed by atoms with Crippen LogP contribution < -0.4 is 0 Å². The number of rotatable bonds is 6. The minimum Gasteiger partial charge on any atom is -0.303 e. The lowest BCUT2D eigenvalue weighted by Crippen LogP contribution is -2.33. The first-order valence-corrected chi connectivity index (χ1v) is 6.17. The normalized spacial score (nSPS) is 12.8. The maximum absolute atomic E-state index is 11.4. The molecule has 0 aromatic heterocycles. The SMILES string of the molecule is CCN(CC)CCS(=O)(=O)N(C)C. The van der Waals surface area contributed by atoms with Gasteiger partial charge < -0.3 is 4.90 Å². The van der Waals surface area contributed by atoms with Crippen molar-refractivity contribution in [3.63, 3.8) is 0 Å². The Hall–Kier alpha value is -0.130. The van der Waals surface area contributed by atoms with Crippen molar-refractivity contribution < 1.29 is 8.42 Å². The van der Waals surface area contributed by atoms with Gasteiger partial charge in [0.2, 0.25) is 10.0 Å². The second-order valence-corrected chi connectivity index (χ2v) is 5.43. The van der Waals surface area contributed by atoms with Crippen LogP contribution in [0, 0.1) is 0 Å². The van der Waals surface area contributed by atoms with Crippen LogP contribution in [-0.2, 0) is 10.0 Å². The first kappa shape index (κ1) is 12.9. The van der Waals surface area contributed by atoms with Crippen molar-refractivity contribution >= 4 is 10.0 Å². The van der Waals surface area contributed by atoms with E-state index < -0.39 is 10.0 Å². The van der Waals surface area contributed by atoms with Crippen molar-refractivity contribution in [2.24, 2.45) is 0 Å². The Morgan fingerprint density at radius 3 is 1.85 bits per heavy atom. The molecule has 0 unspecified atom stereocenters. The molecule has 0 radical (unpaired) electrons. The Kier molecular flexibility index (Phi) is 5.51. The summed E-state index contributed by atoms with van der Waals surface area (Å²) < 4.78 is 24.0. The third kappa shape index (κ3) is 4.59. The first-order chi connectivity index (χ1) is 5.94. The predicted molar refractivity (Wildman–Crippen MR) is 55.3 cm³/mol. The van der Waals surface area contributed by atoms with E-state index in [-0.39, 0.29) is 5.75 Å². The van der Waals surface area contributed by atoms with Gasteiger partial charge >= 0.3 is 0 Å². The molecule has 0 aliphatic carbocycles. The van der Waals surface area contributed by atoms with E-state index in [0.717, 1.165) is 13.1 Å². The summed E-state index contributed by atoms with van der Waals surface area (Å²) in [6, 6.07) is 0. The van der Waals surface area contributed by atoms with Gasteiger partial charge in [-0.3, -0.25) is 0 Å². The molecule has 0 amide bonds. The Balaban J connectivity index is 4.01. The molecule has 0 heterocycles. The highest BCUT2D eigenvalue weighted by atomic mass is 32.2. The maximum Gasteiger partial charge on any atom is 0.214 e. The van der Waals surface area contributed by atoms with Crippen LogP contribution in [0.1, 0.15) is 13.8 Å². The molecular formula is C8H20N2O2S. The minimum absolute atomic E-state index is 0.210. The Morgan fingerprint density at radius 1 is 1.08 bits per heavy atom. The maximum atomic E-state index is 11.4. The summed E-state index contributed by atoms with van der Waals surface area (Å²) in [5.41, 5.74) is 0. The average molecular weight is 208 g/mol. The van der Waals surface area contributed by atoms with Crippen molar-refractivity contribution in [3.05, 3.63) is 0 Å². The van der Waals surface area contributed by atoms with E-state index in [0.29, 0.717) is 6.54 Å². The van der Waals surface area contributed by atoms with Crippen LogP contribution in [-0.4, -0.2) is 57.1 Å². The van der Waals surface area contributed by atoms with Crippen molar-refractivity contribution in [2.75, 3.05) is 39.5 Å². The molecule has 0 aliphatic heterocycles. The second-order valence-electron chi connectivity index (χ2n) is 3.13. The zero-order chi connectivity index (χ0) is 10.5. The van der Waals surface area contributed by atoms with Crippen molar-refractivity contribution in [2.45, 2.75) is 13.8 Å². The Bertz CT molecular complexity index is 220. The van der Waals surface area contributed by atoms with E-state index in [1.54, 1.807) is 14.1 Å². The van der Waals surface area contributed by atoms with E-state index >= 15 is 0 Å². The molecule has 0 aromatic rings. The number of hydrogen-bond donors (Lipinski definition) is 0. The van der Waals surface area contributed by atoms with Crippen LogP contribution in [0.2, 0.25) is 0 Å². The lowest BCUT2D eigenvalue weighted by atomic mass is 10.5. The number of hydrogen-bond acceptors (Lipinski definition) is 3. The third-order valence-corrected chi connectivity index (χ3v) is 3.93. The van der Waals surface area contributed by atoms with Crippen LogP contribution >= 0.6 is 0 Å². The Morgan fingerprint density at radius 2 is 1.54 bits per heavy atom. The largest absolute Gasteiger partial charge is 0.303 e. The fourth-order valence-electron chi connectivity index (χ4n) is 0.967. The molecule has 0 aliphatic rings. The summed E-state index contributed by atoms with van der Waals surface area (Å²) in [6.07, 6.45) is 0. The molecule has 0 saturated carbocycles. The highest BCUT2D eigenvalue weighted by molar-refractivity contribution is 7.89. The summed E-state index contributed by atoms with van der Waals surface area (Å²) >= 11 is 0. The molecule has 0 spiro atoms. The second kappa shape index (κ2) is 5.57. The lowest BCUT2D eigenvalue weighted by Gasteiger charge is -2.19. The average Bonchev–Trinajstić information content (AvgIpc) is 2.06. The highest BCUT2D eigenvalue weighted by Crippen LogP contribution is 1.96. The lowest BCUT2D eigenvalue weighted by molar-refractivity contribution is 0.320. The highest BCUT2D eigenvalue weighted by Gasteiger charge is 2.14. The predicted octanol–water partition coefficient (Wildman–Crippen LogP) is 0.220.